The fraction of sp³-hybridized carbons (Fsp3) is 0.854. The lowest BCUT2D eigenvalue weighted by Crippen LogP contribution is -2.70. The molecule has 2 saturated heterocycles. The molecule has 11 atom stereocenters. The molecule has 5 fully saturated rings. The Labute approximate surface area is 322 Å². The van der Waals surface area contributed by atoms with Gasteiger partial charge in [0.25, 0.3) is 5.91 Å². The predicted octanol–water partition coefficient (Wildman–Crippen LogP) is 5.32. The lowest BCUT2D eigenvalue weighted by atomic mass is 9.34. The summed E-state index contributed by atoms with van der Waals surface area (Å²) in [6.07, 6.45) is 9.37. The van der Waals surface area contributed by atoms with Crippen LogP contribution in [-0.4, -0.2) is 97.2 Å². The molecule has 2 aliphatic heterocycles. The maximum Gasteiger partial charge on any atom is 0.307 e. The molecule has 0 radical (unpaired) electrons. The molecule has 0 unspecified atom stereocenters. The number of nitrogens with one attached hydrogen (secondary N) is 2. The molecular weight excluding hydrogens is 707 g/mol. The summed E-state index contributed by atoms with van der Waals surface area (Å²) in [6.45, 7) is 17.3. The molecule has 302 valence electrons. The molecular formula is C41H65N5O7S. The third-order valence-electron chi connectivity index (χ3n) is 17.2. The maximum atomic E-state index is 13.6. The summed E-state index contributed by atoms with van der Waals surface area (Å²) in [5.41, 5.74) is -1.13. The van der Waals surface area contributed by atoms with Gasteiger partial charge in [-0.25, -0.2) is 18.1 Å². The second kappa shape index (κ2) is 13.4. The average molecular weight is 772 g/mol. The van der Waals surface area contributed by atoms with Crippen molar-refractivity contribution < 1.29 is 32.6 Å². The van der Waals surface area contributed by atoms with Crippen molar-refractivity contribution in [3.05, 3.63) is 23.8 Å². The number of carboxylic acid groups (broad SMARTS) is 1. The quantitative estimate of drug-likeness (QED) is 0.281. The molecule has 1 aromatic rings. The monoisotopic (exact) mass is 771 g/mol. The summed E-state index contributed by atoms with van der Waals surface area (Å²) in [7, 11) is 0.371. The van der Waals surface area contributed by atoms with Gasteiger partial charge in [0.05, 0.1) is 49.4 Å². The second-order valence-corrected chi connectivity index (χ2v) is 22.0. The lowest BCUT2D eigenvalue weighted by molar-refractivity contribution is -0.254. The van der Waals surface area contributed by atoms with Crippen LogP contribution in [0.5, 0.6) is 0 Å². The van der Waals surface area contributed by atoms with E-state index in [-0.39, 0.29) is 63.3 Å². The van der Waals surface area contributed by atoms with Crippen LogP contribution in [0.25, 0.3) is 0 Å². The number of carbonyl (C=O) groups is 2. The summed E-state index contributed by atoms with van der Waals surface area (Å²) in [4.78, 5) is 31.3. The van der Waals surface area contributed by atoms with E-state index in [1.165, 1.54) is 11.9 Å². The van der Waals surface area contributed by atoms with Crippen LogP contribution in [-0.2, 0) is 24.1 Å². The van der Waals surface area contributed by atoms with Crippen LogP contribution in [0, 0.1) is 56.7 Å². The fourth-order valence-corrected chi connectivity index (χ4v) is 15.1. The molecule has 3 saturated carbocycles. The van der Waals surface area contributed by atoms with Crippen molar-refractivity contribution in [1.29, 1.82) is 0 Å². The molecule has 0 aromatic carbocycles. The number of likely N-dealkylation sites (N-methyl/N-ethyl adjacent to an activating group) is 1. The first-order valence-electron chi connectivity index (χ1n) is 20.4. The highest BCUT2D eigenvalue weighted by atomic mass is 32.2. The normalized spacial score (nSPS) is 42.9. The number of allylic oxidation sites excluding steroid dienone is 1. The summed E-state index contributed by atoms with van der Waals surface area (Å²) in [6, 6.07) is -0.347. The van der Waals surface area contributed by atoms with Gasteiger partial charge in [-0.05, 0) is 104 Å². The van der Waals surface area contributed by atoms with Gasteiger partial charge in [0, 0.05) is 18.0 Å². The van der Waals surface area contributed by atoms with Crippen LogP contribution >= 0.6 is 0 Å². The van der Waals surface area contributed by atoms with Crippen molar-refractivity contribution in [2.45, 2.75) is 118 Å². The Balaban J connectivity index is 1.38. The molecule has 1 amide bonds. The average Bonchev–Trinajstić information content (AvgIpc) is 3.61. The van der Waals surface area contributed by atoms with E-state index in [2.05, 4.69) is 70.2 Å². The number of fused-ring (bicyclic) bond motifs is 3. The molecule has 0 spiro atoms. The molecule has 1 aromatic heterocycles. The van der Waals surface area contributed by atoms with Gasteiger partial charge in [-0.15, -0.1) is 0 Å². The number of ether oxygens (including phenoxy) is 2. The zero-order valence-electron chi connectivity index (χ0n) is 34.0. The smallest absolute Gasteiger partial charge is 0.307 e. The number of nitrogens with zero attached hydrogens (tertiary/aromatic N) is 3. The number of aliphatic carboxylic acids is 1. The van der Waals surface area contributed by atoms with Crippen molar-refractivity contribution in [1.82, 2.24) is 25.4 Å². The number of hydrogen-bond donors (Lipinski definition) is 3. The van der Waals surface area contributed by atoms with Crippen molar-refractivity contribution in [3.63, 3.8) is 0 Å². The Morgan fingerprint density at radius 3 is 2.37 bits per heavy atom. The van der Waals surface area contributed by atoms with E-state index in [0.717, 1.165) is 25.7 Å². The minimum atomic E-state index is -3.12. The third kappa shape index (κ3) is 5.62. The minimum absolute atomic E-state index is 0.105. The van der Waals surface area contributed by atoms with E-state index in [1.807, 2.05) is 7.05 Å². The number of sulfone groups is 1. The highest BCUT2D eigenvalue weighted by Crippen LogP contribution is 2.75. The topological polar surface area (TPSA) is 162 Å². The van der Waals surface area contributed by atoms with Crippen LogP contribution < -0.4 is 10.6 Å². The summed E-state index contributed by atoms with van der Waals surface area (Å²) >= 11 is 0. The van der Waals surface area contributed by atoms with E-state index < -0.39 is 44.2 Å². The summed E-state index contributed by atoms with van der Waals surface area (Å²) in [5, 5.41) is 22.1. The van der Waals surface area contributed by atoms with Gasteiger partial charge >= 0.3 is 5.97 Å². The largest absolute Gasteiger partial charge is 0.481 e. The highest BCUT2D eigenvalue weighted by Gasteiger charge is 2.73. The van der Waals surface area contributed by atoms with Crippen LogP contribution in [0.15, 0.2) is 18.0 Å². The van der Waals surface area contributed by atoms with E-state index >= 15 is 0 Å². The number of amides is 1. The molecule has 54 heavy (non-hydrogen) atoms. The molecule has 2 bridgehead atoms. The molecule has 3 heterocycles. The van der Waals surface area contributed by atoms with Crippen molar-refractivity contribution >= 4 is 21.7 Å². The Kier molecular flexibility index (Phi) is 9.87. The number of aromatic nitrogens is 3. The number of hydrogen-bond acceptors (Lipinski definition) is 9. The third-order valence-corrected chi connectivity index (χ3v) is 18.8. The lowest BCUT2D eigenvalue weighted by Gasteiger charge is -2.71. The fourth-order valence-electron chi connectivity index (χ4n) is 13.5. The first-order chi connectivity index (χ1) is 25.3. The first kappa shape index (κ1) is 39.9. The maximum absolute atomic E-state index is 13.6. The Hall–Kier alpha value is -2.35. The summed E-state index contributed by atoms with van der Waals surface area (Å²) in [5.74, 6) is -0.0999. The summed E-state index contributed by atoms with van der Waals surface area (Å²) < 4.78 is 41.0. The number of carboxylic acids is 1. The van der Waals surface area contributed by atoms with Gasteiger partial charge in [-0.3, -0.25) is 9.59 Å². The van der Waals surface area contributed by atoms with Gasteiger partial charge in [0.1, 0.15) is 16.2 Å². The molecule has 7 rings (SSSR count). The molecule has 6 aliphatic rings. The van der Waals surface area contributed by atoms with E-state index in [1.54, 1.807) is 11.7 Å². The Morgan fingerprint density at radius 2 is 1.74 bits per heavy atom. The number of carbonyl (C=O) groups excluding carboxylic acids is 1. The van der Waals surface area contributed by atoms with Crippen LogP contribution in [0.4, 0.5) is 0 Å². The van der Waals surface area contributed by atoms with Crippen LogP contribution in [0.3, 0.4) is 0 Å². The standard InChI is InChI=1S/C41H65N5O7S/c1-25(2)26(3)37(5)14-15-38(6)27-10-11-30-36(4)20-29(46-33(34(47)42-8)44-24-45-46)32(53-22-40(43-9)16-18-54(50,51)19-17-40)41(30,23-52-21-36)28(27)12-13-39(38,7)31(37)35(48)49/h12,24-27,29-32,43H,10-11,13-23H2,1-9H3,(H,42,47)(H,48,49)/t26-,27+,29-,30-,31-,32+,36-,37-,38-,39+,41+/m1/s1. The molecule has 12 nitrogen and oxygen atoms in total. The van der Waals surface area contributed by atoms with Gasteiger partial charge in [-0.1, -0.05) is 60.1 Å². The van der Waals surface area contributed by atoms with E-state index in [0.29, 0.717) is 51.4 Å². The second-order valence-electron chi connectivity index (χ2n) is 19.7. The number of rotatable bonds is 9. The Bertz CT molecular complexity index is 1780. The SMILES string of the molecule is CNC(=O)c1ncnn1[C@@H]1C[C@]2(C)COC[C@@]3(C4=CC[C@@]5(C)[C@H](C(=O)O)[C@@](C)([C@H](C)C(C)C)CC[C@]5(C)[C@H]4CC[C@H]23)[C@H]1OCC1(NC)CCS(=O)(=O)CC1. The van der Waals surface area contributed by atoms with Gasteiger partial charge in [-0.2, -0.15) is 5.10 Å². The molecule has 4 aliphatic carbocycles. The van der Waals surface area contributed by atoms with Gasteiger partial charge in [0.15, 0.2) is 0 Å². The molecule has 3 N–H and O–H groups in total. The Morgan fingerprint density at radius 1 is 1.04 bits per heavy atom. The van der Waals surface area contributed by atoms with Gasteiger partial charge in [0.2, 0.25) is 5.82 Å². The van der Waals surface area contributed by atoms with Crippen LogP contribution in [0.1, 0.15) is 116 Å². The van der Waals surface area contributed by atoms with Crippen molar-refractivity contribution in [2.24, 2.45) is 56.7 Å². The van der Waals surface area contributed by atoms with Crippen molar-refractivity contribution in [2.75, 3.05) is 45.4 Å². The molecule has 13 heteroatoms. The minimum Gasteiger partial charge on any atom is -0.481 e. The van der Waals surface area contributed by atoms with E-state index in [4.69, 9.17) is 14.6 Å². The zero-order chi connectivity index (χ0) is 39.3. The highest BCUT2D eigenvalue weighted by molar-refractivity contribution is 7.91. The van der Waals surface area contributed by atoms with Gasteiger partial charge < -0.3 is 25.2 Å². The van der Waals surface area contributed by atoms with Crippen LogP contribution in [0.2, 0.25) is 0 Å². The zero-order valence-corrected chi connectivity index (χ0v) is 34.9. The van der Waals surface area contributed by atoms with E-state index in [9.17, 15) is 23.1 Å². The predicted molar refractivity (Wildman–Crippen MR) is 205 cm³/mol. The van der Waals surface area contributed by atoms with Crippen molar-refractivity contribution in [3.8, 4) is 0 Å². The first-order valence-corrected chi connectivity index (χ1v) is 22.2.